The number of hydrogen-bond donors (Lipinski definition) is 1. The second kappa shape index (κ2) is 7.06. The zero-order valence-corrected chi connectivity index (χ0v) is 15.1. The van der Waals surface area contributed by atoms with Crippen LogP contribution in [0.15, 0.2) is 24.3 Å². The number of para-hydroxylation sites is 1. The Morgan fingerprint density at radius 2 is 2.00 bits per heavy atom. The summed E-state index contributed by atoms with van der Waals surface area (Å²) in [7, 11) is -1.83. The monoisotopic (exact) mass is 380 g/mol. The van der Waals surface area contributed by atoms with E-state index in [0.717, 1.165) is 0 Å². The van der Waals surface area contributed by atoms with Gasteiger partial charge in [0, 0.05) is 19.0 Å². The molecular weight excluding hydrogens is 360 g/mol. The van der Waals surface area contributed by atoms with Gasteiger partial charge in [0.25, 0.3) is 0 Å². The molecule has 26 heavy (non-hydrogen) atoms. The van der Waals surface area contributed by atoms with Crippen LogP contribution in [-0.4, -0.2) is 57.4 Å². The van der Waals surface area contributed by atoms with Crippen molar-refractivity contribution in [1.82, 2.24) is 5.32 Å². The van der Waals surface area contributed by atoms with E-state index >= 15 is 0 Å². The van der Waals surface area contributed by atoms with Crippen LogP contribution < -0.4 is 10.2 Å². The molecule has 1 aromatic rings. The summed E-state index contributed by atoms with van der Waals surface area (Å²) >= 11 is 0. The lowest BCUT2D eigenvalue weighted by molar-refractivity contribution is -0.126. The molecule has 2 aliphatic rings. The number of anilines is 1. The van der Waals surface area contributed by atoms with Crippen molar-refractivity contribution in [3.05, 3.63) is 29.8 Å². The smallest absolute Gasteiger partial charge is 0.339 e. The molecule has 2 saturated heterocycles. The third kappa shape index (κ3) is 3.72. The second-order valence-corrected chi connectivity index (χ2v) is 8.75. The topological polar surface area (TPSA) is 110 Å². The number of esters is 1. The van der Waals surface area contributed by atoms with Crippen molar-refractivity contribution in [3.8, 4) is 0 Å². The Balaban J connectivity index is 1.71. The fourth-order valence-corrected chi connectivity index (χ4v) is 5.01. The van der Waals surface area contributed by atoms with Crippen LogP contribution in [0.4, 0.5) is 5.69 Å². The number of hydrogen-bond acceptors (Lipinski definition) is 6. The first-order chi connectivity index (χ1) is 12.3. The number of carbonyl (C=O) groups excluding carboxylic acids is 3. The minimum atomic E-state index is -3.09. The molecular formula is C17H20N2O6S. The van der Waals surface area contributed by atoms with Crippen molar-refractivity contribution in [2.45, 2.75) is 18.9 Å². The van der Waals surface area contributed by atoms with E-state index < -0.39 is 27.8 Å². The lowest BCUT2D eigenvalue weighted by Crippen LogP contribution is -2.40. The van der Waals surface area contributed by atoms with Crippen molar-refractivity contribution < 1.29 is 27.5 Å². The minimum Gasteiger partial charge on any atom is -0.465 e. The molecule has 2 aliphatic heterocycles. The number of rotatable bonds is 4. The van der Waals surface area contributed by atoms with Crippen LogP contribution >= 0.6 is 0 Å². The fourth-order valence-electron chi connectivity index (χ4n) is 3.34. The number of ether oxygens (including phenoxy) is 1. The summed E-state index contributed by atoms with van der Waals surface area (Å²) in [6, 6.07) is 6.16. The minimum absolute atomic E-state index is 0.0147. The highest BCUT2D eigenvalue weighted by Gasteiger charge is 2.38. The summed E-state index contributed by atoms with van der Waals surface area (Å²) in [5.41, 5.74) is 0.661. The van der Waals surface area contributed by atoms with Gasteiger partial charge in [-0.25, -0.2) is 13.2 Å². The van der Waals surface area contributed by atoms with Crippen LogP contribution in [0, 0.1) is 5.92 Å². The van der Waals surface area contributed by atoms with Gasteiger partial charge in [-0.2, -0.15) is 0 Å². The number of nitrogens with one attached hydrogen (secondary N) is 1. The predicted octanol–water partition coefficient (Wildman–Crippen LogP) is 0.129. The number of sulfone groups is 1. The largest absolute Gasteiger partial charge is 0.465 e. The molecule has 2 heterocycles. The number of methoxy groups -OCH3 is 1. The Bertz CT molecular complexity index is 851. The van der Waals surface area contributed by atoms with E-state index in [0.29, 0.717) is 12.1 Å². The van der Waals surface area contributed by atoms with Crippen LogP contribution in [0.3, 0.4) is 0 Å². The van der Waals surface area contributed by atoms with E-state index in [2.05, 4.69) is 5.32 Å². The Labute approximate surface area is 151 Å². The normalized spacial score (nSPS) is 24.5. The summed E-state index contributed by atoms with van der Waals surface area (Å²) in [6.07, 6.45) is 0.407. The summed E-state index contributed by atoms with van der Waals surface area (Å²) in [5, 5.41) is 2.73. The molecule has 3 rings (SSSR count). The van der Waals surface area contributed by atoms with Crippen molar-refractivity contribution >= 4 is 33.3 Å². The van der Waals surface area contributed by atoms with Crippen LogP contribution in [0.25, 0.3) is 0 Å². The van der Waals surface area contributed by atoms with Crippen molar-refractivity contribution in [3.63, 3.8) is 0 Å². The van der Waals surface area contributed by atoms with E-state index in [1.807, 2.05) is 0 Å². The van der Waals surface area contributed by atoms with Gasteiger partial charge in [0.15, 0.2) is 9.84 Å². The highest BCUT2D eigenvalue weighted by atomic mass is 32.2. The highest BCUT2D eigenvalue weighted by Crippen LogP contribution is 2.29. The van der Waals surface area contributed by atoms with Crippen molar-refractivity contribution in [2.75, 3.05) is 30.1 Å². The van der Waals surface area contributed by atoms with E-state index in [9.17, 15) is 22.8 Å². The Hall–Kier alpha value is -2.42. The number of amides is 2. The number of benzene rings is 1. The third-order valence-corrected chi connectivity index (χ3v) is 6.44. The van der Waals surface area contributed by atoms with Gasteiger partial charge in [-0.1, -0.05) is 12.1 Å². The third-order valence-electron chi connectivity index (χ3n) is 4.67. The van der Waals surface area contributed by atoms with Crippen LogP contribution in [-0.2, 0) is 24.2 Å². The van der Waals surface area contributed by atoms with Crippen molar-refractivity contribution in [1.29, 1.82) is 0 Å². The molecule has 1 N–H and O–H groups in total. The molecule has 0 aromatic heterocycles. The molecule has 1 aromatic carbocycles. The molecule has 8 nitrogen and oxygen atoms in total. The first-order valence-electron chi connectivity index (χ1n) is 8.29. The van der Waals surface area contributed by atoms with Crippen LogP contribution in [0.5, 0.6) is 0 Å². The molecule has 2 unspecified atom stereocenters. The Morgan fingerprint density at radius 1 is 1.27 bits per heavy atom. The van der Waals surface area contributed by atoms with Gasteiger partial charge >= 0.3 is 5.97 Å². The maximum absolute atomic E-state index is 12.4. The zero-order chi connectivity index (χ0) is 18.9. The molecule has 0 spiro atoms. The Kier molecular flexibility index (Phi) is 4.99. The van der Waals surface area contributed by atoms with Gasteiger partial charge in [-0.15, -0.1) is 0 Å². The number of carbonyl (C=O) groups is 3. The molecule has 0 saturated carbocycles. The SMILES string of the molecule is COC(=O)c1ccccc1N1CC(C(=O)NC2CCS(=O)(=O)C2)CC1=O. The quantitative estimate of drug-likeness (QED) is 0.744. The molecule has 9 heteroatoms. The maximum atomic E-state index is 12.4. The Morgan fingerprint density at radius 3 is 2.65 bits per heavy atom. The van der Waals surface area contributed by atoms with Crippen LogP contribution in [0.1, 0.15) is 23.2 Å². The van der Waals surface area contributed by atoms with E-state index in [4.69, 9.17) is 4.74 Å². The van der Waals surface area contributed by atoms with Gasteiger partial charge in [0.1, 0.15) is 0 Å². The standard InChI is InChI=1S/C17H20N2O6S/c1-25-17(22)13-4-2-3-5-14(13)19-9-11(8-15(19)20)16(21)18-12-6-7-26(23,24)10-12/h2-5,11-12H,6-10H2,1H3,(H,18,21). The fraction of sp³-hybridized carbons (Fsp3) is 0.471. The molecule has 0 radical (unpaired) electrons. The summed E-state index contributed by atoms with van der Waals surface area (Å²) in [6.45, 7) is 0.137. The van der Waals surface area contributed by atoms with Gasteiger partial charge in [-0.05, 0) is 18.6 Å². The van der Waals surface area contributed by atoms with Gasteiger partial charge in [-0.3, -0.25) is 9.59 Å². The maximum Gasteiger partial charge on any atom is 0.339 e. The predicted molar refractivity (Wildman–Crippen MR) is 93.4 cm³/mol. The molecule has 0 bridgehead atoms. The summed E-state index contributed by atoms with van der Waals surface area (Å²) < 4.78 is 27.8. The number of nitrogens with zero attached hydrogens (tertiary/aromatic N) is 1. The summed E-state index contributed by atoms with van der Waals surface area (Å²) in [4.78, 5) is 38.1. The second-order valence-electron chi connectivity index (χ2n) is 6.52. The van der Waals surface area contributed by atoms with Gasteiger partial charge in [0.2, 0.25) is 11.8 Å². The first kappa shape index (κ1) is 18.4. The molecule has 2 amide bonds. The molecule has 140 valence electrons. The first-order valence-corrected chi connectivity index (χ1v) is 10.1. The molecule has 0 aliphatic carbocycles. The lowest BCUT2D eigenvalue weighted by atomic mass is 10.1. The zero-order valence-electron chi connectivity index (χ0n) is 14.3. The molecule has 2 fully saturated rings. The van der Waals surface area contributed by atoms with E-state index in [1.54, 1.807) is 24.3 Å². The molecule has 2 atom stereocenters. The van der Waals surface area contributed by atoms with Crippen LogP contribution in [0.2, 0.25) is 0 Å². The van der Waals surface area contributed by atoms with Crippen molar-refractivity contribution in [2.24, 2.45) is 5.92 Å². The lowest BCUT2D eigenvalue weighted by Gasteiger charge is -2.20. The average molecular weight is 380 g/mol. The van der Waals surface area contributed by atoms with E-state index in [1.165, 1.54) is 12.0 Å². The summed E-state index contributed by atoms with van der Waals surface area (Å²) in [5.74, 6) is -1.73. The average Bonchev–Trinajstić information content (AvgIpc) is 3.16. The van der Waals surface area contributed by atoms with E-state index in [-0.39, 0.29) is 41.8 Å². The highest BCUT2D eigenvalue weighted by molar-refractivity contribution is 7.91. The van der Waals surface area contributed by atoms with Gasteiger partial charge < -0.3 is 15.0 Å². The van der Waals surface area contributed by atoms with Gasteiger partial charge in [0.05, 0.1) is 35.8 Å².